The lowest BCUT2D eigenvalue weighted by Crippen LogP contribution is -2.30. The fourth-order valence-corrected chi connectivity index (χ4v) is 3.51. The molecule has 3 aromatic rings. The van der Waals surface area contributed by atoms with E-state index < -0.39 is 35.1 Å². The predicted molar refractivity (Wildman–Crippen MR) is 107 cm³/mol. The number of amides is 1. The van der Waals surface area contributed by atoms with Crippen molar-refractivity contribution in [1.82, 2.24) is 4.98 Å². The van der Waals surface area contributed by atoms with Crippen LogP contribution < -0.4 is 4.90 Å². The first kappa shape index (κ1) is 19.7. The SMILES string of the molecule is O=C1C(=O)N(c2ccc(F)cc2F)C(c2ccncc2)/C1=C(\O)c1ccc(Cl)cc1. The highest BCUT2D eigenvalue weighted by atomic mass is 35.5. The van der Waals surface area contributed by atoms with Gasteiger partial charge in [-0.3, -0.25) is 19.5 Å². The summed E-state index contributed by atoms with van der Waals surface area (Å²) < 4.78 is 27.9. The van der Waals surface area contributed by atoms with Gasteiger partial charge in [-0.15, -0.1) is 0 Å². The number of hydrogen-bond acceptors (Lipinski definition) is 4. The Bertz CT molecular complexity index is 1180. The molecule has 5 nitrogen and oxygen atoms in total. The van der Waals surface area contributed by atoms with Crippen LogP contribution in [0.5, 0.6) is 0 Å². The fourth-order valence-electron chi connectivity index (χ4n) is 3.38. The molecule has 8 heteroatoms. The maximum absolute atomic E-state index is 14.5. The first-order valence-corrected chi connectivity index (χ1v) is 9.18. The average molecular weight is 427 g/mol. The van der Waals surface area contributed by atoms with Gasteiger partial charge in [-0.25, -0.2) is 8.78 Å². The summed E-state index contributed by atoms with van der Waals surface area (Å²) in [7, 11) is 0. The van der Waals surface area contributed by atoms with Crippen LogP contribution in [0.3, 0.4) is 0 Å². The summed E-state index contributed by atoms with van der Waals surface area (Å²) in [5.41, 5.74) is 0.173. The number of hydrogen-bond donors (Lipinski definition) is 1. The Morgan fingerprint density at radius 2 is 1.67 bits per heavy atom. The van der Waals surface area contributed by atoms with Gasteiger partial charge in [-0.05, 0) is 54.1 Å². The standard InChI is InChI=1S/C22H13ClF2N2O3/c23-14-3-1-13(2-4-14)20(28)18-19(12-7-9-26-10-8-12)27(22(30)21(18)29)17-6-5-15(24)11-16(17)25/h1-11,19,28H/b20-18+. The third-order valence-electron chi connectivity index (χ3n) is 4.75. The summed E-state index contributed by atoms with van der Waals surface area (Å²) in [5.74, 6) is -4.31. The molecule has 2 aromatic carbocycles. The van der Waals surface area contributed by atoms with Gasteiger partial charge in [0, 0.05) is 29.0 Å². The summed E-state index contributed by atoms with van der Waals surface area (Å²) in [6, 6.07) is 10.7. The Labute approximate surface area is 174 Å². The second kappa shape index (κ2) is 7.68. The molecule has 1 saturated heterocycles. The van der Waals surface area contributed by atoms with Gasteiger partial charge in [0.05, 0.1) is 17.3 Å². The van der Waals surface area contributed by atoms with E-state index in [0.29, 0.717) is 16.7 Å². The number of carbonyl (C=O) groups excluding carboxylic acids is 2. The smallest absolute Gasteiger partial charge is 0.300 e. The maximum atomic E-state index is 14.5. The number of aromatic nitrogens is 1. The lowest BCUT2D eigenvalue weighted by molar-refractivity contribution is -0.132. The Morgan fingerprint density at radius 3 is 2.30 bits per heavy atom. The third-order valence-corrected chi connectivity index (χ3v) is 5.01. The first-order valence-electron chi connectivity index (χ1n) is 8.80. The molecule has 150 valence electrons. The summed E-state index contributed by atoms with van der Waals surface area (Å²) >= 11 is 5.88. The lowest BCUT2D eigenvalue weighted by atomic mass is 9.96. The van der Waals surface area contributed by atoms with E-state index in [1.54, 1.807) is 12.1 Å². The van der Waals surface area contributed by atoms with Gasteiger partial charge in [0.2, 0.25) is 0 Å². The van der Waals surface area contributed by atoms with Crippen LogP contribution in [-0.4, -0.2) is 21.8 Å². The molecule has 0 spiro atoms. The molecule has 1 amide bonds. The number of aliphatic hydroxyl groups excluding tert-OH is 1. The average Bonchev–Trinajstić information content (AvgIpc) is 3.00. The summed E-state index contributed by atoms with van der Waals surface area (Å²) in [5, 5.41) is 11.3. The van der Waals surface area contributed by atoms with Crippen LogP contribution in [-0.2, 0) is 9.59 Å². The quantitative estimate of drug-likeness (QED) is 0.376. The van der Waals surface area contributed by atoms with E-state index in [-0.39, 0.29) is 16.8 Å². The molecule has 1 aromatic heterocycles. The zero-order valence-electron chi connectivity index (χ0n) is 15.2. The summed E-state index contributed by atoms with van der Waals surface area (Å²) in [6.45, 7) is 0. The van der Waals surface area contributed by atoms with Gasteiger partial charge < -0.3 is 5.11 Å². The topological polar surface area (TPSA) is 70.5 Å². The molecule has 0 aliphatic carbocycles. The van der Waals surface area contributed by atoms with E-state index in [4.69, 9.17) is 11.6 Å². The zero-order valence-corrected chi connectivity index (χ0v) is 16.0. The maximum Gasteiger partial charge on any atom is 0.300 e. The molecular formula is C22H13ClF2N2O3. The van der Waals surface area contributed by atoms with Crippen molar-refractivity contribution in [3.63, 3.8) is 0 Å². The van der Waals surface area contributed by atoms with Crippen molar-refractivity contribution in [2.45, 2.75) is 6.04 Å². The third kappa shape index (κ3) is 3.33. The minimum atomic E-state index is -1.14. The van der Waals surface area contributed by atoms with Crippen LogP contribution in [0, 0.1) is 11.6 Å². The monoisotopic (exact) mass is 426 g/mol. The molecule has 1 fully saturated rings. The Balaban J connectivity index is 1.96. The highest BCUT2D eigenvalue weighted by molar-refractivity contribution is 6.51. The van der Waals surface area contributed by atoms with Gasteiger partial charge in [0.15, 0.2) is 0 Å². The highest BCUT2D eigenvalue weighted by Crippen LogP contribution is 2.42. The number of aliphatic hydroxyl groups is 1. The summed E-state index contributed by atoms with van der Waals surface area (Å²) in [6.07, 6.45) is 2.89. The van der Waals surface area contributed by atoms with Crippen LogP contribution >= 0.6 is 11.6 Å². The molecule has 1 unspecified atom stereocenters. The Hall–Kier alpha value is -3.58. The van der Waals surface area contributed by atoms with Crippen molar-refractivity contribution in [2.24, 2.45) is 0 Å². The van der Waals surface area contributed by atoms with Crippen molar-refractivity contribution in [3.05, 3.63) is 100 Å². The number of anilines is 1. The van der Waals surface area contributed by atoms with E-state index in [1.165, 1.54) is 36.7 Å². The fraction of sp³-hybridized carbons (Fsp3) is 0.0455. The minimum Gasteiger partial charge on any atom is -0.507 e. The number of benzene rings is 2. The van der Waals surface area contributed by atoms with Crippen LogP contribution in [0.25, 0.3) is 5.76 Å². The van der Waals surface area contributed by atoms with Crippen molar-refractivity contribution < 1.29 is 23.5 Å². The molecule has 30 heavy (non-hydrogen) atoms. The largest absolute Gasteiger partial charge is 0.507 e. The predicted octanol–water partition coefficient (Wildman–Crippen LogP) is 4.64. The van der Waals surface area contributed by atoms with Gasteiger partial charge in [-0.2, -0.15) is 0 Å². The molecule has 1 aliphatic rings. The first-order chi connectivity index (χ1) is 14.4. The Morgan fingerprint density at radius 1 is 1.00 bits per heavy atom. The van der Waals surface area contributed by atoms with E-state index in [9.17, 15) is 23.5 Å². The van der Waals surface area contributed by atoms with Crippen LogP contribution in [0.15, 0.2) is 72.6 Å². The van der Waals surface area contributed by atoms with Crippen LogP contribution in [0.1, 0.15) is 17.2 Å². The molecule has 0 bridgehead atoms. The number of Topliss-reactive ketones (excluding diaryl/α,β-unsaturated/α-hetero) is 1. The molecule has 1 atom stereocenters. The van der Waals surface area contributed by atoms with Crippen molar-refractivity contribution in [2.75, 3.05) is 4.90 Å². The normalized spacial score (nSPS) is 18.1. The van der Waals surface area contributed by atoms with E-state index in [0.717, 1.165) is 17.0 Å². The molecule has 4 rings (SSSR count). The van der Waals surface area contributed by atoms with Crippen molar-refractivity contribution in [3.8, 4) is 0 Å². The zero-order chi connectivity index (χ0) is 21.4. The second-order valence-electron chi connectivity index (χ2n) is 6.55. The number of pyridine rings is 1. The van der Waals surface area contributed by atoms with Gasteiger partial charge >= 0.3 is 0 Å². The highest BCUT2D eigenvalue weighted by Gasteiger charge is 2.47. The molecular weight excluding hydrogens is 414 g/mol. The van der Waals surface area contributed by atoms with E-state index in [1.807, 2.05) is 0 Å². The number of rotatable bonds is 3. The van der Waals surface area contributed by atoms with Gasteiger partial charge in [-0.1, -0.05) is 11.6 Å². The second-order valence-corrected chi connectivity index (χ2v) is 6.99. The molecule has 2 heterocycles. The van der Waals surface area contributed by atoms with Crippen molar-refractivity contribution in [1.29, 1.82) is 0 Å². The van der Waals surface area contributed by atoms with Crippen LogP contribution in [0.2, 0.25) is 5.02 Å². The molecule has 0 radical (unpaired) electrons. The van der Waals surface area contributed by atoms with Crippen molar-refractivity contribution >= 4 is 34.7 Å². The number of nitrogens with zero attached hydrogens (tertiary/aromatic N) is 2. The Kier molecular flexibility index (Phi) is 5.05. The number of ketones is 1. The van der Waals surface area contributed by atoms with Gasteiger partial charge in [0.1, 0.15) is 17.4 Å². The van der Waals surface area contributed by atoms with E-state index in [2.05, 4.69) is 4.98 Å². The number of halogens is 3. The molecule has 1 aliphatic heterocycles. The van der Waals surface area contributed by atoms with E-state index >= 15 is 0 Å². The number of carbonyl (C=O) groups is 2. The molecule has 1 N–H and O–H groups in total. The lowest BCUT2D eigenvalue weighted by Gasteiger charge is -2.25. The summed E-state index contributed by atoms with van der Waals surface area (Å²) in [4.78, 5) is 30.6. The van der Waals surface area contributed by atoms with Gasteiger partial charge in [0.25, 0.3) is 11.7 Å². The minimum absolute atomic E-state index is 0.225. The van der Waals surface area contributed by atoms with Crippen LogP contribution in [0.4, 0.5) is 14.5 Å². The molecule has 0 saturated carbocycles.